The van der Waals surface area contributed by atoms with E-state index < -0.39 is 0 Å². The first-order valence-corrected chi connectivity index (χ1v) is 7.28. The van der Waals surface area contributed by atoms with Gasteiger partial charge < -0.3 is 10.2 Å². The molecule has 0 radical (unpaired) electrons. The average Bonchev–Trinajstić information content (AvgIpc) is 2.83. The zero-order valence-corrected chi connectivity index (χ0v) is 12.4. The zero-order valence-electron chi connectivity index (χ0n) is 12.4. The van der Waals surface area contributed by atoms with Gasteiger partial charge in [-0.15, -0.1) is 0 Å². The lowest BCUT2D eigenvalue weighted by Crippen LogP contribution is -2.25. The maximum Gasteiger partial charge on any atom is 0.227 e. The molecule has 1 aliphatic heterocycles. The number of nitrogens with zero attached hydrogens (tertiary/aromatic N) is 1. The van der Waals surface area contributed by atoms with E-state index in [-0.39, 0.29) is 17.7 Å². The summed E-state index contributed by atoms with van der Waals surface area (Å²) in [5.41, 5.74) is 2.92. The molecule has 0 fully saturated rings. The van der Waals surface area contributed by atoms with Crippen molar-refractivity contribution in [2.45, 2.75) is 40.0 Å². The van der Waals surface area contributed by atoms with E-state index in [0.29, 0.717) is 0 Å². The number of hydrogen-bond acceptors (Lipinski definition) is 2. The molecule has 1 aliphatic rings. The third-order valence-corrected chi connectivity index (χ3v) is 3.98. The second-order valence-electron chi connectivity index (χ2n) is 5.27. The van der Waals surface area contributed by atoms with E-state index in [1.165, 1.54) is 0 Å². The van der Waals surface area contributed by atoms with Crippen molar-refractivity contribution in [2.75, 3.05) is 16.8 Å². The molecule has 0 atom stereocenters. The molecule has 1 aromatic carbocycles. The van der Waals surface area contributed by atoms with Crippen molar-refractivity contribution in [1.29, 1.82) is 0 Å². The van der Waals surface area contributed by atoms with Crippen molar-refractivity contribution < 1.29 is 9.59 Å². The molecule has 0 saturated carbocycles. The first-order chi connectivity index (χ1) is 9.56. The van der Waals surface area contributed by atoms with Crippen molar-refractivity contribution in [2.24, 2.45) is 5.92 Å². The minimum Gasteiger partial charge on any atom is -0.326 e. The maximum absolute atomic E-state index is 12.1. The van der Waals surface area contributed by atoms with Crippen molar-refractivity contribution in [1.82, 2.24) is 0 Å². The Morgan fingerprint density at radius 3 is 2.60 bits per heavy atom. The Labute approximate surface area is 120 Å². The Balaban J connectivity index is 2.13. The van der Waals surface area contributed by atoms with Gasteiger partial charge in [-0.1, -0.05) is 13.8 Å². The number of carbonyl (C=O) groups is 2. The van der Waals surface area contributed by atoms with Crippen LogP contribution in [0.4, 0.5) is 11.4 Å². The summed E-state index contributed by atoms with van der Waals surface area (Å²) in [6, 6.07) is 5.78. The number of amides is 2. The van der Waals surface area contributed by atoms with Crippen LogP contribution in [0.5, 0.6) is 0 Å². The van der Waals surface area contributed by atoms with E-state index in [1.54, 1.807) is 11.8 Å². The highest BCUT2D eigenvalue weighted by molar-refractivity contribution is 5.96. The van der Waals surface area contributed by atoms with Crippen LogP contribution in [0.15, 0.2) is 18.2 Å². The van der Waals surface area contributed by atoms with Crippen LogP contribution in [0.3, 0.4) is 0 Å². The topological polar surface area (TPSA) is 49.4 Å². The van der Waals surface area contributed by atoms with E-state index in [9.17, 15) is 9.59 Å². The van der Waals surface area contributed by atoms with Crippen molar-refractivity contribution in [3.05, 3.63) is 23.8 Å². The summed E-state index contributed by atoms with van der Waals surface area (Å²) in [7, 11) is 0. The summed E-state index contributed by atoms with van der Waals surface area (Å²) >= 11 is 0. The SMILES string of the molecule is CCC(CC)C(=O)Nc1ccc2c(c1)CCN2C(C)=O. The number of anilines is 2. The van der Waals surface area contributed by atoms with Gasteiger partial charge >= 0.3 is 0 Å². The van der Waals surface area contributed by atoms with Crippen LogP contribution < -0.4 is 10.2 Å². The minimum atomic E-state index is 0.0666. The fraction of sp³-hybridized carbons (Fsp3) is 0.500. The summed E-state index contributed by atoms with van der Waals surface area (Å²) in [6.45, 7) is 6.37. The monoisotopic (exact) mass is 274 g/mol. The number of nitrogens with one attached hydrogen (secondary N) is 1. The van der Waals surface area contributed by atoms with Crippen LogP contribution in [0.1, 0.15) is 39.2 Å². The van der Waals surface area contributed by atoms with E-state index in [1.807, 2.05) is 32.0 Å². The third kappa shape index (κ3) is 2.84. The number of carbonyl (C=O) groups excluding carboxylic acids is 2. The molecular formula is C16H22N2O2. The summed E-state index contributed by atoms with van der Waals surface area (Å²) in [4.78, 5) is 25.3. The van der Waals surface area contributed by atoms with Gasteiger partial charge in [0.1, 0.15) is 0 Å². The van der Waals surface area contributed by atoms with E-state index in [0.717, 1.165) is 42.7 Å². The summed E-state index contributed by atoms with van der Waals surface area (Å²) in [6.07, 6.45) is 2.56. The van der Waals surface area contributed by atoms with Crippen LogP contribution in [-0.2, 0) is 16.0 Å². The van der Waals surface area contributed by atoms with Gasteiger partial charge in [0.25, 0.3) is 0 Å². The van der Waals surface area contributed by atoms with Gasteiger partial charge in [0.2, 0.25) is 11.8 Å². The molecule has 1 heterocycles. The van der Waals surface area contributed by atoms with Crippen LogP contribution >= 0.6 is 0 Å². The van der Waals surface area contributed by atoms with E-state index in [2.05, 4.69) is 5.32 Å². The van der Waals surface area contributed by atoms with Crippen molar-refractivity contribution >= 4 is 23.2 Å². The lowest BCUT2D eigenvalue weighted by molar-refractivity contribution is -0.120. The Morgan fingerprint density at radius 1 is 1.30 bits per heavy atom. The van der Waals surface area contributed by atoms with Crippen LogP contribution in [-0.4, -0.2) is 18.4 Å². The van der Waals surface area contributed by atoms with Gasteiger partial charge in [0.05, 0.1) is 0 Å². The lowest BCUT2D eigenvalue weighted by Gasteiger charge is -2.16. The number of hydrogen-bond donors (Lipinski definition) is 1. The Kier molecular flexibility index (Phi) is 4.42. The zero-order chi connectivity index (χ0) is 14.7. The van der Waals surface area contributed by atoms with Gasteiger partial charge in [-0.3, -0.25) is 9.59 Å². The molecule has 0 spiro atoms. The molecule has 2 amide bonds. The number of fused-ring (bicyclic) bond motifs is 1. The molecule has 2 rings (SSSR count). The van der Waals surface area contributed by atoms with Crippen molar-refractivity contribution in [3.8, 4) is 0 Å². The molecular weight excluding hydrogens is 252 g/mol. The van der Waals surface area contributed by atoms with Crippen LogP contribution in [0.25, 0.3) is 0 Å². The van der Waals surface area contributed by atoms with Gasteiger partial charge in [-0.2, -0.15) is 0 Å². The molecule has 0 aromatic heterocycles. The standard InChI is InChI=1S/C16H22N2O2/c1-4-12(5-2)16(20)17-14-6-7-15-13(10-14)8-9-18(15)11(3)19/h6-7,10,12H,4-5,8-9H2,1-3H3,(H,17,20). The predicted molar refractivity (Wildman–Crippen MR) is 80.9 cm³/mol. The highest BCUT2D eigenvalue weighted by Gasteiger charge is 2.22. The molecule has 0 saturated heterocycles. The van der Waals surface area contributed by atoms with E-state index >= 15 is 0 Å². The molecule has 1 aromatic rings. The smallest absolute Gasteiger partial charge is 0.227 e. The molecule has 4 nitrogen and oxygen atoms in total. The largest absolute Gasteiger partial charge is 0.326 e. The molecule has 0 bridgehead atoms. The Bertz CT molecular complexity index is 521. The first-order valence-electron chi connectivity index (χ1n) is 7.28. The molecule has 0 unspecified atom stereocenters. The Hall–Kier alpha value is -1.84. The van der Waals surface area contributed by atoms with Gasteiger partial charge in [0, 0.05) is 30.8 Å². The summed E-state index contributed by atoms with van der Waals surface area (Å²) in [5, 5.41) is 2.98. The second-order valence-corrected chi connectivity index (χ2v) is 5.27. The van der Waals surface area contributed by atoms with Crippen molar-refractivity contribution in [3.63, 3.8) is 0 Å². The molecule has 108 valence electrons. The third-order valence-electron chi connectivity index (χ3n) is 3.98. The average molecular weight is 274 g/mol. The summed E-state index contributed by atoms with van der Waals surface area (Å²) in [5.74, 6) is 0.214. The lowest BCUT2D eigenvalue weighted by atomic mass is 10.0. The molecule has 4 heteroatoms. The fourth-order valence-corrected chi connectivity index (χ4v) is 2.71. The van der Waals surface area contributed by atoms with Crippen LogP contribution in [0, 0.1) is 5.92 Å². The van der Waals surface area contributed by atoms with Crippen LogP contribution in [0.2, 0.25) is 0 Å². The molecule has 20 heavy (non-hydrogen) atoms. The summed E-state index contributed by atoms with van der Waals surface area (Å²) < 4.78 is 0. The highest BCUT2D eigenvalue weighted by atomic mass is 16.2. The fourth-order valence-electron chi connectivity index (χ4n) is 2.71. The number of benzene rings is 1. The minimum absolute atomic E-state index is 0.0666. The normalized spacial score (nSPS) is 13.5. The van der Waals surface area contributed by atoms with Gasteiger partial charge in [-0.05, 0) is 43.0 Å². The van der Waals surface area contributed by atoms with Gasteiger partial charge in [0.15, 0.2) is 0 Å². The Morgan fingerprint density at radius 2 is 2.00 bits per heavy atom. The van der Waals surface area contributed by atoms with E-state index in [4.69, 9.17) is 0 Å². The molecule has 1 N–H and O–H groups in total. The molecule has 0 aliphatic carbocycles. The quantitative estimate of drug-likeness (QED) is 0.917. The van der Waals surface area contributed by atoms with Gasteiger partial charge in [-0.25, -0.2) is 0 Å². The maximum atomic E-state index is 12.1. The first kappa shape index (κ1) is 14.6. The second kappa shape index (κ2) is 6.07. The number of rotatable bonds is 4. The highest BCUT2D eigenvalue weighted by Crippen LogP contribution is 2.30. The predicted octanol–water partition coefficient (Wildman–Crippen LogP) is 2.97.